The van der Waals surface area contributed by atoms with Gasteiger partial charge in [0.1, 0.15) is 13.2 Å². The number of esters is 3. The van der Waals surface area contributed by atoms with Crippen molar-refractivity contribution >= 4 is 17.9 Å². The fraction of sp³-hybridized carbons (Fsp3) is 0.610. The number of hydrogen-bond acceptors (Lipinski definition) is 6. The molecule has 0 unspecified atom stereocenters. The van der Waals surface area contributed by atoms with Crippen molar-refractivity contribution in [2.24, 2.45) is 0 Å². The van der Waals surface area contributed by atoms with Crippen LogP contribution < -0.4 is 0 Å². The van der Waals surface area contributed by atoms with Crippen molar-refractivity contribution in [3.05, 3.63) is 122 Å². The van der Waals surface area contributed by atoms with Gasteiger partial charge in [-0.1, -0.05) is 219 Å². The Kier molecular flexibility index (Phi) is 49.1. The van der Waals surface area contributed by atoms with Crippen molar-refractivity contribution in [2.75, 3.05) is 13.2 Å². The summed E-state index contributed by atoms with van der Waals surface area (Å²) in [6, 6.07) is 0. The molecule has 0 aromatic carbocycles. The third-order valence-corrected chi connectivity index (χ3v) is 10.5. The second-order valence-electron chi connectivity index (χ2n) is 16.7. The van der Waals surface area contributed by atoms with Gasteiger partial charge in [0.2, 0.25) is 0 Å². The molecular weight excluding hydrogens is 805 g/mol. The van der Waals surface area contributed by atoms with Gasteiger partial charge in [-0.05, 0) is 96.3 Å². The zero-order valence-corrected chi connectivity index (χ0v) is 41.7. The molecule has 1 atom stereocenters. The zero-order valence-electron chi connectivity index (χ0n) is 41.7. The van der Waals surface area contributed by atoms with E-state index >= 15 is 0 Å². The Hall–Kier alpha value is -4.19. The Morgan fingerprint density at radius 1 is 0.323 bits per heavy atom. The lowest BCUT2D eigenvalue weighted by Crippen LogP contribution is -2.30. The minimum Gasteiger partial charge on any atom is -0.462 e. The second kappa shape index (κ2) is 52.4. The topological polar surface area (TPSA) is 78.9 Å². The number of hydrogen-bond donors (Lipinski definition) is 0. The Balaban J connectivity index is 4.59. The fourth-order valence-electron chi connectivity index (χ4n) is 6.63. The van der Waals surface area contributed by atoms with E-state index in [0.29, 0.717) is 19.3 Å². The summed E-state index contributed by atoms with van der Waals surface area (Å²) in [6.45, 7) is 6.30. The summed E-state index contributed by atoms with van der Waals surface area (Å²) in [6.07, 6.45) is 71.9. The van der Waals surface area contributed by atoms with Crippen molar-refractivity contribution < 1.29 is 28.6 Å². The normalized spacial score (nSPS) is 13.1. The van der Waals surface area contributed by atoms with Crippen LogP contribution in [0.15, 0.2) is 122 Å². The molecule has 0 rings (SSSR count). The van der Waals surface area contributed by atoms with Crippen LogP contribution in [0.2, 0.25) is 0 Å². The molecule has 65 heavy (non-hydrogen) atoms. The number of allylic oxidation sites excluding steroid dienone is 20. The van der Waals surface area contributed by atoms with Crippen molar-refractivity contribution in [2.45, 2.75) is 219 Å². The van der Waals surface area contributed by atoms with Crippen LogP contribution in [-0.4, -0.2) is 37.2 Å². The maximum atomic E-state index is 12.8. The SMILES string of the molecule is CC/C=C\C/C=C\C/C=C\C/C=C\C/C=C\CCCC(=O)OC[C@@H](COC(=O)CCCCCCCCCCCCCCC)OC(=O)CCC/C=C\C/C=C\C/C=C\C/C=C\C/C=C\CC. The van der Waals surface area contributed by atoms with Crippen LogP contribution in [0.1, 0.15) is 213 Å². The van der Waals surface area contributed by atoms with Crippen LogP contribution in [0.5, 0.6) is 0 Å². The fourth-order valence-corrected chi connectivity index (χ4v) is 6.63. The molecule has 0 N–H and O–H groups in total. The average Bonchev–Trinajstić information content (AvgIpc) is 3.30. The maximum Gasteiger partial charge on any atom is 0.306 e. The third-order valence-electron chi connectivity index (χ3n) is 10.5. The van der Waals surface area contributed by atoms with E-state index in [4.69, 9.17) is 14.2 Å². The van der Waals surface area contributed by atoms with Crippen molar-refractivity contribution in [3.8, 4) is 0 Å². The first-order valence-electron chi connectivity index (χ1n) is 26.0. The van der Waals surface area contributed by atoms with Gasteiger partial charge < -0.3 is 14.2 Å². The van der Waals surface area contributed by atoms with E-state index in [-0.39, 0.29) is 44.0 Å². The first-order chi connectivity index (χ1) is 32.0. The Labute approximate surface area is 399 Å². The van der Waals surface area contributed by atoms with Gasteiger partial charge in [0, 0.05) is 19.3 Å². The van der Waals surface area contributed by atoms with Crippen LogP contribution in [0.3, 0.4) is 0 Å². The lowest BCUT2D eigenvalue weighted by molar-refractivity contribution is -0.167. The summed E-state index contributed by atoms with van der Waals surface area (Å²) in [7, 11) is 0. The Morgan fingerprint density at radius 3 is 0.938 bits per heavy atom. The summed E-state index contributed by atoms with van der Waals surface area (Å²) in [5.41, 5.74) is 0. The van der Waals surface area contributed by atoms with Crippen molar-refractivity contribution in [3.63, 3.8) is 0 Å². The smallest absolute Gasteiger partial charge is 0.306 e. The molecule has 6 heteroatoms. The van der Waals surface area contributed by atoms with E-state index in [0.717, 1.165) is 96.3 Å². The Morgan fingerprint density at radius 2 is 0.600 bits per heavy atom. The van der Waals surface area contributed by atoms with Gasteiger partial charge in [-0.3, -0.25) is 14.4 Å². The minimum absolute atomic E-state index is 0.120. The first-order valence-corrected chi connectivity index (χ1v) is 26.0. The molecule has 6 nitrogen and oxygen atoms in total. The quantitative estimate of drug-likeness (QED) is 0.0262. The highest BCUT2D eigenvalue weighted by Gasteiger charge is 2.19. The number of carbonyl (C=O) groups excluding carboxylic acids is 3. The van der Waals surface area contributed by atoms with E-state index in [2.05, 4.69) is 142 Å². The van der Waals surface area contributed by atoms with Crippen molar-refractivity contribution in [1.29, 1.82) is 0 Å². The number of carbonyl (C=O) groups is 3. The van der Waals surface area contributed by atoms with Gasteiger partial charge in [-0.25, -0.2) is 0 Å². The van der Waals surface area contributed by atoms with Crippen LogP contribution >= 0.6 is 0 Å². The molecule has 0 saturated carbocycles. The summed E-state index contributed by atoms with van der Waals surface area (Å²) >= 11 is 0. The van der Waals surface area contributed by atoms with Crippen LogP contribution in [0.25, 0.3) is 0 Å². The van der Waals surface area contributed by atoms with Gasteiger partial charge in [0.05, 0.1) is 0 Å². The molecule has 0 amide bonds. The Bertz CT molecular complexity index is 1400. The van der Waals surface area contributed by atoms with Crippen molar-refractivity contribution in [1.82, 2.24) is 0 Å². The predicted octanol–water partition coefficient (Wildman–Crippen LogP) is 17.3. The summed E-state index contributed by atoms with van der Waals surface area (Å²) in [5, 5.41) is 0. The molecule has 0 aliphatic heterocycles. The second-order valence-corrected chi connectivity index (χ2v) is 16.7. The van der Waals surface area contributed by atoms with E-state index in [1.165, 1.54) is 64.2 Å². The van der Waals surface area contributed by atoms with Crippen LogP contribution in [0, 0.1) is 0 Å². The summed E-state index contributed by atoms with van der Waals surface area (Å²) < 4.78 is 16.7. The largest absolute Gasteiger partial charge is 0.462 e. The standard InChI is InChI=1S/C59H94O6/c1-4-7-10-13-16-19-22-25-27-29-31-34-37-40-43-46-49-52-58(61)64-55-56(54-63-57(60)51-48-45-42-39-36-33-24-21-18-15-12-9-6-3)65-59(62)53-50-47-44-41-38-35-32-30-28-26-23-20-17-14-11-8-5-2/h7-8,10-11,16-17,19-20,25-28,31-32,34-35,40-41,43-44,56H,4-6,9,12-15,18,21-24,29-30,33,36-39,42,45-55H2,1-3H3/b10-7-,11-8-,19-16-,20-17-,27-25-,28-26-,34-31-,35-32-,43-40-,44-41-/t56-/m1/s1. The molecule has 0 bridgehead atoms. The predicted molar refractivity (Wildman–Crippen MR) is 279 cm³/mol. The van der Waals surface area contributed by atoms with Gasteiger partial charge in [0.15, 0.2) is 6.10 Å². The molecule has 0 saturated heterocycles. The highest BCUT2D eigenvalue weighted by Crippen LogP contribution is 2.14. The highest BCUT2D eigenvalue weighted by molar-refractivity contribution is 5.71. The highest BCUT2D eigenvalue weighted by atomic mass is 16.6. The molecule has 0 fully saturated rings. The minimum atomic E-state index is -0.832. The lowest BCUT2D eigenvalue weighted by atomic mass is 10.0. The summed E-state index contributed by atoms with van der Waals surface area (Å²) in [4.78, 5) is 38.0. The molecule has 0 aromatic rings. The zero-order chi connectivity index (χ0) is 47.2. The molecule has 366 valence electrons. The molecule has 0 radical (unpaired) electrons. The van der Waals surface area contributed by atoms with E-state index < -0.39 is 6.10 Å². The van der Waals surface area contributed by atoms with E-state index in [1.54, 1.807) is 0 Å². The average molecular weight is 899 g/mol. The molecule has 0 aliphatic carbocycles. The number of unbranched alkanes of at least 4 members (excludes halogenated alkanes) is 14. The molecular formula is C59H94O6. The maximum absolute atomic E-state index is 12.8. The van der Waals surface area contributed by atoms with E-state index in [1.807, 2.05) is 0 Å². The van der Waals surface area contributed by atoms with Gasteiger partial charge >= 0.3 is 17.9 Å². The van der Waals surface area contributed by atoms with Crippen LogP contribution in [-0.2, 0) is 28.6 Å². The molecule has 0 heterocycles. The molecule has 0 spiro atoms. The van der Waals surface area contributed by atoms with Gasteiger partial charge in [-0.15, -0.1) is 0 Å². The third kappa shape index (κ3) is 50.7. The van der Waals surface area contributed by atoms with Gasteiger partial charge in [-0.2, -0.15) is 0 Å². The monoisotopic (exact) mass is 899 g/mol. The molecule has 0 aromatic heterocycles. The van der Waals surface area contributed by atoms with Gasteiger partial charge in [0.25, 0.3) is 0 Å². The van der Waals surface area contributed by atoms with E-state index in [9.17, 15) is 14.4 Å². The summed E-state index contributed by atoms with van der Waals surface area (Å²) in [5.74, 6) is -1.05. The van der Waals surface area contributed by atoms with Crippen LogP contribution in [0.4, 0.5) is 0 Å². The first kappa shape index (κ1) is 60.8. The lowest BCUT2D eigenvalue weighted by Gasteiger charge is -2.18. The number of rotatable bonds is 45. The molecule has 0 aliphatic rings. The number of ether oxygens (including phenoxy) is 3.